The van der Waals surface area contributed by atoms with Crippen molar-refractivity contribution >= 4 is 22.9 Å². The third-order valence-corrected chi connectivity index (χ3v) is 8.21. The Balaban J connectivity index is 1.19. The van der Waals surface area contributed by atoms with Gasteiger partial charge in [-0.2, -0.15) is 9.78 Å². The molecule has 4 aromatic heterocycles. The number of ether oxygens (including phenoxy) is 1. The van der Waals surface area contributed by atoms with E-state index in [2.05, 4.69) is 26.4 Å². The maximum Gasteiger partial charge on any atom is 0.286 e. The number of nitrogens with two attached hydrogens (primary N) is 1. The molecule has 1 saturated carbocycles. The normalized spacial score (nSPS) is 18.6. The van der Waals surface area contributed by atoms with Crippen molar-refractivity contribution < 1.29 is 14.6 Å². The summed E-state index contributed by atoms with van der Waals surface area (Å²) >= 11 is 0. The minimum atomic E-state index is -0.509. The summed E-state index contributed by atoms with van der Waals surface area (Å²) in [6.45, 7) is 1.03. The fourth-order valence-electron chi connectivity index (χ4n) is 6.13. The molecule has 214 valence electrons. The monoisotopic (exact) mass is 566 g/mol. The summed E-state index contributed by atoms with van der Waals surface area (Å²) in [6.07, 6.45) is 6.07. The van der Waals surface area contributed by atoms with Gasteiger partial charge in [-0.3, -0.25) is 14.3 Å². The molecule has 42 heavy (non-hydrogen) atoms. The molecule has 1 fully saturated rings. The molecule has 5 heterocycles. The molecule has 0 radical (unpaired) electrons. The first-order valence-corrected chi connectivity index (χ1v) is 14.1. The van der Waals surface area contributed by atoms with E-state index in [-0.39, 0.29) is 24.2 Å². The molecule has 7 rings (SSSR count). The highest BCUT2D eigenvalue weighted by atomic mass is 16.5. The molecule has 1 aliphatic heterocycles. The van der Waals surface area contributed by atoms with E-state index in [9.17, 15) is 14.7 Å². The van der Waals surface area contributed by atoms with Gasteiger partial charge in [-0.1, -0.05) is 18.2 Å². The van der Waals surface area contributed by atoms with E-state index in [1.165, 1.54) is 11.0 Å². The third-order valence-electron chi connectivity index (χ3n) is 8.21. The predicted octanol–water partition coefficient (Wildman–Crippen LogP) is 3.13. The fraction of sp³-hybridized carbons (Fsp3) is 0.300. The van der Waals surface area contributed by atoms with Gasteiger partial charge in [-0.05, 0) is 61.6 Å². The molecule has 12 nitrogen and oxygen atoms in total. The zero-order chi connectivity index (χ0) is 28.8. The predicted molar refractivity (Wildman–Crippen MR) is 155 cm³/mol. The zero-order valence-electron chi connectivity index (χ0n) is 22.8. The van der Waals surface area contributed by atoms with Crippen molar-refractivity contribution in [2.24, 2.45) is 0 Å². The van der Waals surface area contributed by atoms with E-state index in [0.717, 1.165) is 48.0 Å². The number of anilines is 2. The van der Waals surface area contributed by atoms with Gasteiger partial charge in [-0.15, -0.1) is 0 Å². The van der Waals surface area contributed by atoms with E-state index in [1.54, 1.807) is 41.2 Å². The van der Waals surface area contributed by atoms with Crippen LogP contribution in [0, 0.1) is 0 Å². The summed E-state index contributed by atoms with van der Waals surface area (Å²) in [5, 5.41) is 17.4. The number of hydrogen-bond donors (Lipinski definition) is 3. The number of rotatable bonds is 5. The molecular weight excluding hydrogens is 536 g/mol. The molecule has 1 aliphatic carbocycles. The van der Waals surface area contributed by atoms with E-state index in [4.69, 9.17) is 10.5 Å². The van der Waals surface area contributed by atoms with Crippen LogP contribution in [-0.2, 0) is 17.9 Å². The van der Waals surface area contributed by atoms with Gasteiger partial charge >= 0.3 is 0 Å². The number of aliphatic hydroxyl groups excluding tert-OH is 1. The Bertz CT molecular complexity index is 1830. The topological polar surface area (TPSA) is 155 Å². The average molecular weight is 567 g/mol. The number of aliphatic hydroxyl groups is 1. The van der Waals surface area contributed by atoms with Gasteiger partial charge in [0.15, 0.2) is 11.6 Å². The molecule has 4 N–H and O–H groups in total. The van der Waals surface area contributed by atoms with Gasteiger partial charge in [0.25, 0.3) is 11.5 Å². The number of benzene rings is 1. The Kier molecular flexibility index (Phi) is 6.56. The van der Waals surface area contributed by atoms with Crippen LogP contribution in [0.5, 0.6) is 0 Å². The second-order valence-electron chi connectivity index (χ2n) is 10.7. The van der Waals surface area contributed by atoms with Crippen LogP contribution < -0.4 is 16.6 Å². The van der Waals surface area contributed by atoms with Gasteiger partial charge in [0.2, 0.25) is 0 Å². The van der Waals surface area contributed by atoms with Crippen molar-refractivity contribution in [3.63, 3.8) is 0 Å². The maximum absolute atomic E-state index is 13.5. The number of amides is 1. The number of pyridine rings is 1. The number of nitrogens with one attached hydrogen (secondary N) is 1. The summed E-state index contributed by atoms with van der Waals surface area (Å²) in [7, 11) is 0. The average Bonchev–Trinajstić information content (AvgIpc) is 3.54. The Labute approximate surface area is 240 Å². The molecule has 12 heteroatoms. The molecule has 1 amide bonds. The summed E-state index contributed by atoms with van der Waals surface area (Å²) in [4.78, 5) is 35.5. The highest BCUT2D eigenvalue weighted by Gasteiger charge is 2.29. The molecule has 0 bridgehead atoms. The second-order valence-corrected chi connectivity index (χ2v) is 10.7. The van der Waals surface area contributed by atoms with Crippen LogP contribution in [0.3, 0.4) is 0 Å². The Morgan fingerprint density at radius 2 is 1.88 bits per heavy atom. The lowest BCUT2D eigenvalue weighted by molar-refractivity contribution is 0.0755. The molecule has 0 saturated heterocycles. The first-order chi connectivity index (χ1) is 20.5. The highest BCUT2D eigenvalue weighted by Crippen LogP contribution is 2.38. The van der Waals surface area contributed by atoms with Crippen molar-refractivity contribution in [3.05, 3.63) is 88.4 Å². The fourth-order valence-corrected chi connectivity index (χ4v) is 6.13. The lowest BCUT2D eigenvalue weighted by Crippen LogP contribution is -2.27. The Morgan fingerprint density at radius 1 is 1.07 bits per heavy atom. The van der Waals surface area contributed by atoms with Crippen molar-refractivity contribution in [3.8, 4) is 16.9 Å². The zero-order valence-corrected chi connectivity index (χ0v) is 22.8. The largest absolute Gasteiger partial charge is 0.393 e. The minimum Gasteiger partial charge on any atom is -0.393 e. The lowest BCUT2D eigenvalue weighted by Gasteiger charge is -2.24. The van der Waals surface area contributed by atoms with Crippen LogP contribution in [0.25, 0.3) is 22.5 Å². The second kappa shape index (κ2) is 10.5. The van der Waals surface area contributed by atoms with Gasteiger partial charge in [0, 0.05) is 29.1 Å². The molecule has 2 aliphatic rings. The van der Waals surface area contributed by atoms with Crippen molar-refractivity contribution in [2.75, 3.05) is 17.7 Å². The number of aromatic nitrogens is 6. The quantitative estimate of drug-likeness (QED) is 0.293. The summed E-state index contributed by atoms with van der Waals surface area (Å²) in [5.41, 5.74) is 10.5. The van der Waals surface area contributed by atoms with Crippen LogP contribution >= 0.6 is 0 Å². The van der Waals surface area contributed by atoms with Crippen LogP contribution in [0.4, 0.5) is 11.5 Å². The van der Waals surface area contributed by atoms with Crippen LogP contribution in [0.2, 0.25) is 0 Å². The van der Waals surface area contributed by atoms with Crippen LogP contribution in [0.15, 0.2) is 65.8 Å². The van der Waals surface area contributed by atoms with E-state index < -0.39 is 11.5 Å². The number of hydrogen-bond acceptors (Lipinski definition) is 8. The van der Waals surface area contributed by atoms with E-state index in [1.807, 2.05) is 16.6 Å². The summed E-state index contributed by atoms with van der Waals surface area (Å²) < 4.78 is 10.7. The lowest BCUT2D eigenvalue weighted by atomic mass is 9.85. The standard InChI is InChI=1S/C30H30N8O4/c31-28-27-22(15-23(37(27)34-17-33-28)19-6-10-21(39)11-7-19)18-4-8-20(9-5-18)35-29(40)26-24-16-42-14-13-36(24)38(30(26)41)25-3-1-2-12-32-25/h1-5,8-9,12,15,17,19,21,39H,6-7,10-11,13-14,16H2,(H,35,40)(H2,31,33,34)/t19-,21-. The third kappa shape index (κ3) is 4.45. The Morgan fingerprint density at radius 3 is 2.64 bits per heavy atom. The molecule has 0 atom stereocenters. The first-order valence-electron chi connectivity index (χ1n) is 14.1. The van der Waals surface area contributed by atoms with Crippen molar-refractivity contribution in [1.82, 2.24) is 28.9 Å². The minimum absolute atomic E-state index is 0.0371. The van der Waals surface area contributed by atoms with Crippen LogP contribution in [-0.4, -0.2) is 52.7 Å². The van der Waals surface area contributed by atoms with E-state index >= 15 is 0 Å². The smallest absolute Gasteiger partial charge is 0.286 e. The van der Waals surface area contributed by atoms with Gasteiger partial charge in [0.05, 0.1) is 31.6 Å². The first kappa shape index (κ1) is 26.1. The highest BCUT2D eigenvalue weighted by molar-refractivity contribution is 6.05. The van der Waals surface area contributed by atoms with Crippen molar-refractivity contribution in [2.45, 2.75) is 50.9 Å². The van der Waals surface area contributed by atoms with E-state index in [0.29, 0.717) is 36.2 Å². The molecule has 1 aromatic carbocycles. The molecule has 0 unspecified atom stereocenters. The summed E-state index contributed by atoms with van der Waals surface area (Å²) in [5.74, 6) is 0.575. The van der Waals surface area contributed by atoms with Gasteiger partial charge < -0.3 is 20.9 Å². The number of nitrogens with zero attached hydrogens (tertiary/aromatic N) is 6. The molecule has 5 aromatic rings. The van der Waals surface area contributed by atoms with Crippen molar-refractivity contribution in [1.29, 1.82) is 0 Å². The van der Waals surface area contributed by atoms with Gasteiger partial charge in [-0.25, -0.2) is 14.5 Å². The van der Waals surface area contributed by atoms with Gasteiger partial charge in [0.1, 0.15) is 17.4 Å². The number of nitrogen functional groups attached to an aromatic ring is 1. The molecular formula is C30H30N8O4. The molecule has 0 spiro atoms. The SMILES string of the molecule is Nc1ncnn2c1c(-c1ccc(NC(=O)c3c4n(n(-c5ccccn5)c3=O)CCOC4)cc1)cc2[C@H]1CC[C@H](O)CC1. The maximum atomic E-state index is 13.5. The van der Waals surface area contributed by atoms with Crippen LogP contribution in [0.1, 0.15) is 53.3 Å². The number of fused-ring (bicyclic) bond motifs is 2. The summed E-state index contributed by atoms with van der Waals surface area (Å²) in [6, 6.07) is 14.8. The number of carbonyl (C=O) groups is 1. The number of carbonyl (C=O) groups excluding carboxylic acids is 1. The Hall–Kier alpha value is -4.81.